The van der Waals surface area contributed by atoms with Gasteiger partial charge in [0.15, 0.2) is 6.10 Å². The zero-order valence-electron chi connectivity index (χ0n) is 27.4. The molecule has 0 radical (unpaired) electrons. The Balaban J connectivity index is 1.14. The highest BCUT2D eigenvalue weighted by Crippen LogP contribution is 2.89. The molecule has 2 saturated heterocycles. The molecule has 2 N–H and O–H groups in total. The van der Waals surface area contributed by atoms with Gasteiger partial charge in [-0.1, -0.05) is 34.6 Å². The third kappa shape index (κ3) is 3.86. The van der Waals surface area contributed by atoms with Gasteiger partial charge >= 0.3 is 5.97 Å². The summed E-state index contributed by atoms with van der Waals surface area (Å²) in [6.45, 7) is 17.0. The highest BCUT2D eigenvalue weighted by atomic mass is 16.6. The molecule has 0 amide bonds. The molecule has 2 aliphatic heterocycles. The van der Waals surface area contributed by atoms with Gasteiger partial charge < -0.3 is 24.4 Å². The number of fused-ring (bicyclic) bond motifs is 4. The molecule has 7 rings (SSSR count). The Morgan fingerprint density at radius 3 is 2.29 bits per heavy atom. The summed E-state index contributed by atoms with van der Waals surface area (Å²) in [6.07, 6.45) is 10.9. The maximum absolute atomic E-state index is 13.2. The second-order valence-electron chi connectivity index (χ2n) is 17.9. The van der Waals surface area contributed by atoms with E-state index in [0.29, 0.717) is 60.6 Å². The highest BCUT2D eigenvalue weighted by molar-refractivity contribution is 5.72. The monoisotopic (exact) mass is 586 g/mol. The average Bonchev–Trinajstić information content (AvgIpc) is 3.52. The Morgan fingerprint density at radius 2 is 1.60 bits per heavy atom. The smallest absolute Gasteiger partial charge is 0.309 e. The molecular weight excluding hydrogens is 528 g/mol. The van der Waals surface area contributed by atoms with E-state index in [2.05, 4.69) is 34.6 Å². The Labute approximate surface area is 254 Å². The molecule has 12 atom stereocenters. The molecule has 0 aromatic carbocycles. The summed E-state index contributed by atoms with van der Waals surface area (Å²) < 4.78 is 18.7. The molecule has 2 heterocycles. The van der Waals surface area contributed by atoms with Crippen LogP contribution in [0.4, 0.5) is 0 Å². The predicted molar refractivity (Wildman–Crippen MR) is 160 cm³/mol. The largest absolute Gasteiger partial charge is 0.456 e. The first-order valence-electron chi connectivity index (χ1n) is 17.4. The highest BCUT2D eigenvalue weighted by Gasteiger charge is 2.83. The van der Waals surface area contributed by atoms with Crippen molar-refractivity contribution in [2.75, 3.05) is 13.2 Å². The lowest BCUT2D eigenvalue weighted by Gasteiger charge is -2.63. The number of rotatable bonds is 4. The molecule has 2 spiro atoms. The lowest BCUT2D eigenvalue weighted by Crippen LogP contribution is -2.58. The minimum atomic E-state index is -1.18. The number of aliphatic hydroxyl groups is 2. The summed E-state index contributed by atoms with van der Waals surface area (Å²) >= 11 is 0. The maximum atomic E-state index is 13.2. The van der Waals surface area contributed by atoms with E-state index in [-0.39, 0.29) is 46.4 Å². The van der Waals surface area contributed by atoms with Gasteiger partial charge in [-0.05, 0) is 135 Å². The lowest BCUT2D eigenvalue weighted by molar-refractivity contribution is -0.214. The van der Waals surface area contributed by atoms with E-state index in [1.54, 1.807) is 13.8 Å². The van der Waals surface area contributed by atoms with Crippen LogP contribution in [0.2, 0.25) is 0 Å². The zero-order valence-corrected chi connectivity index (χ0v) is 27.4. The Bertz CT molecular complexity index is 1090. The molecule has 8 unspecified atom stereocenters. The fourth-order valence-corrected chi connectivity index (χ4v) is 13.4. The lowest BCUT2D eigenvalue weighted by atomic mass is 9.41. The van der Waals surface area contributed by atoms with Crippen LogP contribution >= 0.6 is 0 Å². The van der Waals surface area contributed by atoms with Crippen molar-refractivity contribution in [2.45, 2.75) is 149 Å². The van der Waals surface area contributed by atoms with Crippen molar-refractivity contribution in [2.24, 2.45) is 56.7 Å². The molecule has 5 aliphatic carbocycles. The van der Waals surface area contributed by atoms with E-state index < -0.39 is 11.7 Å². The summed E-state index contributed by atoms with van der Waals surface area (Å²) in [6, 6.07) is 0. The van der Waals surface area contributed by atoms with Gasteiger partial charge in [-0.2, -0.15) is 0 Å². The molecule has 238 valence electrons. The molecule has 0 aromatic heterocycles. The molecule has 42 heavy (non-hydrogen) atoms. The number of hydrogen-bond donors (Lipinski definition) is 2. The minimum absolute atomic E-state index is 0.0110. The fourth-order valence-electron chi connectivity index (χ4n) is 13.4. The van der Waals surface area contributed by atoms with E-state index in [4.69, 9.17) is 14.2 Å². The van der Waals surface area contributed by atoms with Crippen LogP contribution in [0.5, 0.6) is 0 Å². The van der Waals surface area contributed by atoms with Crippen LogP contribution in [0.3, 0.4) is 0 Å². The normalized spacial score (nSPS) is 52.2. The summed E-state index contributed by atoms with van der Waals surface area (Å²) in [4.78, 5) is 13.2. The Kier molecular flexibility index (Phi) is 6.73. The van der Waals surface area contributed by atoms with Gasteiger partial charge in [-0.15, -0.1) is 0 Å². The molecule has 0 aromatic rings. The van der Waals surface area contributed by atoms with E-state index in [1.165, 1.54) is 38.5 Å². The van der Waals surface area contributed by atoms with Crippen molar-refractivity contribution >= 4 is 5.97 Å². The van der Waals surface area contributed by atoms with Gasteiger partial charge in [0.2, 0.25) is 0 Å². The van der Waals surface area contributed by atoms with Crippen LogP contribution in [-0.2, 0) is 19.0 Å². The summed E-state index contributed by atoms with van der Waals surface area (Å²) in [5.74, 6) is 1.91. The molecule has 5 saturated carbocycles. The van der Waals surface area contributed by atoms with Crippen LogP contribution in [0.25, 0.3) is 0 Å². The van der Waals surface area contributed by atoms with Gasteiger partial charge in [0.1, 0.15) is 0 Å². The topological polar surface area (TPSA) is 85.2 Å². The third-order valence-electron chi connectivity index (χ3n) is 15.5. The summed E-state index contributed by atoms with van der Waals surface area (Å²) in [7, 11) is 0. The van der Waals surface area contributed by atoms with Gasteiger partial charge in [0.05, 0.1) is 29.8 Å². The van der Waals surface area contributed by atoms with E-state index >= 15 is 0 Å². The maximum Gasteiger partial charge on any atom is 0.309 e. The van der Waals surface area contributed by atoms with Crippen LogP contribution in [0, 0.1) is 56.7 Å². The van der Waals surface area contributed by atoms with E-state index in [9.17, 15) is 15.0 Å². The Morgan fingerprint density at radius 1 is 0.929 bits per heavy atom. The number of hydrogen-bond acceptors (Lipinski definition) is 6. The predicted octanol–water partition coefficient (Wildman–Crippen LogP) is 6.30. The first-order chi connectivity index (χ1) is 19.6. The molecule has 6 heteroatoms. The third-order valence-corrected chi connectivity index (χ3v) is 15.5. The van der Waals surface area contributed by atoms with Crippen molar-refractivity contribution in [3.05, 3.63) is 0 Å². The standard InChI is InChI=1S/C36H58O6/c1-21-18-23(29(32(4,5)39)42-30(38)22-11-16-40-17-12-22)41-24-19-34(7)26-9-8-25-31(2,3)27(37)10-13-35(25)20-36(26,35)15-14-33(34,6)28(21)24/h21-29,37,39H,8-20H2,1-7H3/t21-,23?,24?,25?,26?,27+,28?,29+,33?,34+,35?,36?/m1/s1. The van der Waals surface area contributed by atoms with Gasteiger partial charge in [-0.25, -0.2) is 0 Å². The van der Waals surface area contributed by atoms with Crippen LogP contribution in [0.15, 0.2) is 0 Å². The molecule has 7 fully saturated rings. The first kappa shape index (κ1) is 30.0. The molecule has 7 aliphatic rings. The van der Waals surface area contributed by atoms with Crippen molar-refractivity contribution < 1.29 is 29.2 Å². The van der Waals surface area contributed by atoms with Gasteiger partial charge in [0, 0.05) is 13.2 Å². The molecular formula is C36H58O6. The van der Waals surface area contributed by atoms with Crippen LogP contribution in [0.1, 0.15) is 119 Å². The fraction of sp³-hybridized carbons (Fsp3) is 0.972. The van der Waals surface area contributed by atoms with Crippen molar-refractivity contribution in [1.29, 1.82) is 0 Å². The number of ether oxygens (including phenoxy) is 3. The summed E-state index contributed by atoms with van der Waals surface area (Å²) in [5, 5.41) is 22.3. The zero-order chi connectivity index (χ0) is 30.1. The average molecular weight is 587 g/mol. The minimum Gasteiger partial charge on any atom is -0.456 e. The number of carbonyl (C=O) groups is 1. The van der Waals surface area contributed by atoms with Crippen molar-refractivity contribution in [1.82, 2.24) is 0 Å². The number of carbonyl (C=O) groups excluding carboxylic acids is 1. The van der Waals surface area contributed by atoms with Crippen molar-refractivity contribution in [3.8, 4) is 0 Å². The summed E-state index contributed by atoms with van der Waals surface area (Å²) in [5.41, 5.74) is 0.126. The SMILES string of the molecule is C[C@@H]1CC([C@H](OC(=O)C2CCOCC2)C(C)(C)O)OC2C[C@@]3(C)C4CCC5C(C)(C)[C@@H](O)CCC56CC46CCC3(C)C21. The quantitative estimate of drug-likeness (QED) is 0.376. The first-order valence-corrected chi connectivity index (χ1v) is 17.4. The van der Waals surface area contributed by atoms with E-state index in [1.807, 2.05) is 0 Å². The number of aliphatic hydroxyl groups excluding tert-OH is 1. The second-order valence-corrected chi connectivity index (χ2v) is 17.9. The molecule has 0 bridgehead atoms. The Hall–Kier alpha value is -0.690. The van der Waals surface area contributed by atoms with Gasteiger partial charge in [-0.3, -0.25) is 4.79 Å². The van der Waals surface area contributed by atoms with Crippen molar-refractivity contribution in [3.63, 3.8) is 0 Å². The van der Waals surface area contributed by atoms with Gasteiger partial charge in [0.25, 0.3) is 0 Å². The van der Waals surface area contributed by atoms with Crippen LogP contribution in [-0.4, -0.2) is 59.4 Å². The number of esters is 1. The van der Waals surface area contributed by atoms with E-state index in [0.717, 1.165) is 19.3 Å². The molecule has 6 nitrogen and oxygen atoms in total. The second kappa shape index (κ2) is 9.42. The van der Waals surface area contributed by atoms with Crippen LogP contribution < -0.4 is 0 Å².